The monoisotopic (exact) mass is 777 g/mol. The fourth-order valence-corrected chi connectivity index (χ4v) is 9.79. The van der Waals surface area contributed by atoms with Crippen molar-refractivity contribution in [1.82, 2.24) is 23.7 Å². The highest BCUT2D eigenvalue weighted by molar-refractivity contribution is 6.26. The van der Waals surface area contributed by atoms with Gasteiger partial charge in [-0.25, -0.2) is 9.97 Å². The Hall–Kier alpha value is -8.28. The van der Waals surface area contributed by atoms with Gasteiger partial charge in [-0.15, -0.1) is 0 Å². The van der Waals surface area contributed by atoms with E-state index in [4.69, 9.17) is 9.97 Å². The summed E-state index contributed by atoms with van der Waals surface area (Å²) in [4.78, 5) is 10.8. The van der Waals surface area contributed by atoms with E-state index in [2.05, 4.69) is 226 Å². The lowest BCUT2D eigenvalue weighted by Crippen LogP contribution is -2.03. The average Bonchev–Trinajstić information content (AvgIpc) is 3.97. The topological polar surface area (TPSA) is 40.6 Å². The van der Waals surface area contributed by atoms with Crippen LogP contribution in [0.3, 0.4) is 0 Å². The van der Waals surface area contributed by atoms with Gasteiger partial charge < -0.3 is 9.13 Å². The van der Waals surface area contributed by atoms with E-state index in [9.17, 15) is 0 Å². The van der Waals surface area contributed by atoms with Crippen LogP contribution >= 0.6 is 0 Å². The minimum Gasteiger partial charge on any atom is -0.309 e. The van der Waals surface area contributed by atoms with Crippen LogP contribution in [0, 0.1) is 0 Å². The van der Waals surface area contributed by atoms with Gasteiger partial charge >= 0.3 is 0 Å². The molecule has 0 fully saturated rings. The molecular weight excluding hydrogens is 743 g/mol. The number of fused-ring (bicyclic) bond motifs is 11. The molecule has 13 aromatic rings. The quantitative estimate of drug-likeness (QED) is 0.175. The van der Waals surface area contributed by atoms with Crippen molar-refractivity contribution in [3.05, 3.63) is 212 Å². The fourth-order valence-electron chi connectivity index (χ4n) is 9.79. The summed E-state index contributed by atoms with van der Waals surface area (Å²) in [6.45, 7) is 0. The molecule has 0 aliphatic carbocycles. The Morgan fingerprint density at radius 1 is 0.295 bits per heavy atom. The molecule has 0 spiro atoms. The number of para-hydroxylation sites is 5. The van der Waals surface area contributed by atoms with Crippen molar-refractivity contribution in [2.24, 2.45) is 0 Å². The summed E-state index contributed by atoms with van der Waals surface area (Å²) < 4.78 is 7.08. The molecule has 0 atom stereocenters. The minimum atomic E-state index is 0.641. The summed E-state index contributed by atoms with van der Waals surface area (Å²) in [5, 5.41) is 8.21. The first-order valence-corrected chi connectivity index (χ1v) is 20.8. The van der Waals surface area contributed by atoms with E-state index in [0.717, 1.165) is 72.0 Å². The van der Waals surface area contributed by atoms with E-state index in [0.29, 0.717) is 5.95 Å². The molecule has 0 saturated carbocycles. The summed E-state index contributed by atoms with van der Waals surface area (Å²) in [5.41, 5.74) is 14.3. The maximum Gasteiger partial charge on any atom is 0.235 e. The van der Waals surface area contributed by atoms with Gasteiger partial charge in [-0.1, -0.05) is 140 Å². The lowest BCUT2D eigenvalue weighted by atomic mass is 10.00. The molecule has 13 rings (SSSR count). The maximum atomic E-state index is 5.43. The predicted molar refractivity (Wildman–Crippen MR) is 253 cm³/mol. The van der Waals surface area contributed by atoms with Crippen LogP contribution in [0.25, 0.3) is 116 Å². The zero-order valence-corrected chi connectivity index (χ0v) is 32.9. The molecule has 0 N–H and O–H groups in total. The number of aromatic nitrogens is 5. The highest BCUT2D eigenvalue weighted by Gasteiger charge is 2.23. The molecule has 0 radical (unpaired) electrons. The van der Waals surface area contributed by atoms with Crippen molar-refractivity contribution in [1.29, 1.82) is 0 Å². The average molecular weight is 778 g/mol. The first-order valence-electron chi connectivity index (χ1n) is 20.8. The van der Waals surface area contributed by atoms with Gasteiger partial charge in [0.25, 0.3) is 0 Å². The Morgan fingerprint density at radius 3 is 1.51 bits per heavy atom. The molecular formula is C56H35N5. The van der Waals surface area contributed by atoms with Crippen molar-refractivity contribution in [3.63, 3.8) is 0 Å². The highest BCUT2D eigenvalue weighted by atomic mass is 15.2. The number of hydrogen-bond donors (Lipinski definition) is 0. The zero-order valence-electron chi connectivity index (χ0n) is 32.9. The third-order valence-electron chi connectivity index (χ3n) is 12.4. The standard InChI is InChI=1S/C56H35N5/c1-4-16-36(17-5-1)54-44-24-10-13-25-47(44)57-56(58-54)61-51-32-29-38(37-28-31-50-45(34-37)42-23-12-14-26-48(42)59(50)39-18-6-2-7-19-39)35-46(51)53-52(61)33-30-43-41-22-11-15-27-49(41)60(55(43)53)40-20-8-3-9-21-40/h1-35H. The molecule has 4 heterocycles. The summed E-state index contributed by atoms with van der Waals surface area (Å²) in [6, 6.07) is 76.1. The molecule has 0 aliphatic heterocycles. The van der Waals surface area contributed by atoms with Crippen LogP contribution in [-0.2, 0) is 0 Å². The van der Waals surface area contributed by atoms with E-state index >= 15 is 0 Å². The number of nitrogens with zero attached hydrogens (tertiary/aromatic N) is 5. The van der Waals surface area contributed by atoms with Crippen LogP contribution in [0.1, 0.15) is 0 Å². The van der Waals surface area contributed by atoms with Crippen molar-refractivity contribution in [2.75, 3.05) is 0 Å². The minimum absolute atomic E-state index is 0.641. The molecule has 284 valence electrons. The van der Waals surface area contributed by atoms with E-state index in [1.165, 1.54) is 38.1 Å². The van der Waals surface area contributed by atoms with Crippen LogP contribution in [0.5, 0.6) is 0 Å². The molecule has 0 unspecified atom stereocenters. The van der Waals surface area contributed by atoms with Crippen LogP contribution < -0.4 is 0 Å². The summed E-state index contributed by atoms with van der Waals surface area (Å²) >= 11 is 0. The van der Waals surface area contributed by atoms with Gasteiger partial charge in [0.2, 0.25) is 5.95 Å². The number of hydrogen-bond acceptors (Lipinski definition) is 2. The molecule has 5 nitrogen and oxygen atoms in total. The third kappa shape index (κ3) is 5.01. The molecule has 0 bridgehead atoms. The molecule has 0 saturated heterocycles. The van der Waals surface area contributed by atoms with E-state index in [1.807, 2.05) is 0 Å². The fraction of sp³-hybridized carbons (Fsp3) is 0. The van der Waals surface area contributed by atoms with Gasteiger partial charge in [-0.2, -0.15) is 0 Å². The van der Waals surface area contributed by atoms with Crippen LogP contribution in [-0.4, -0.2) is 23.7 Å². The predicted octanol–water partition coefficient (Wildman–Crippen LogP) is 14.3. The van der Waals surface area contributed by atoms with E-state index in [-0.39, 0.29) is 0 Å². The van der Waals surface area contributed by atoms with Gasteiger partial charge in [0.1, 0.15) is 0 Å². The Kier molecular flexibility index (Phi) is 7.24. The number of benzene rings is 9. The summed E-state index contributed by atoms with van der Waals surface area (Å²) in [6.07, 6.45) is 0. The van der Waals surface area contributed by atoms with Gasteiger partial charge in [-0.3, -0.25) is 4.57 Å². The van der Waals surface area contributed by atoms with Crippen LogP contribution in [0.15, 0.2) is 212 Å². The lowest BCUT2D eigenvalue weighted by molar-refractivity contribution is 1.01. The van der Waals surface area contributed by atoms with Crippen molar-refractivity contribution in [3.8, 4) is 39.7 Å². The molecule has 4 aromatic heterocycles. The highest BCUT2D eigenvalue weighted by Crippen LogP contribution is 2.44. The summed E-state index contributed by atoms with van der Waals surface area (Å²) in [7, 11) is 0. The van der Waals surface area contributed by atoms with Gasteiger partial charge in [0.05, 0.1) is 44.3 Å². The second-order valence-electron chi connectivity index (χ2n) is 15.8. The van der Waals surface area contributed by atoms with E-state index in [1.54, 1.807) is 0 Å². The van der Waals surface area contributed by atoms with Crippen molar-refractivity contribution in [2.45, 2.75) is 0 Å². The SMILES string of the molecule is c1ccc(-c2nc(-n3c4ccc(-c5ccc6c(c5)c5ccccc5n6-c5ccccc5)cc4c4c3ccc3c5ccccc5n(-c5ccccc5)c34)nc3ccccc23)cc1. The normalized spacial score (nSPS) is 11.9. The largest absolute Gasteiger partial charge is 0.309 e. The Bertz CT molecular complexity index is 3860. The number of rotatable bonds is 5. The zero-order chi connectivity index (χ0) is 40.0. The lowest BCUT2D eigenvalue weighted by Gasteiger charge is -2.12. The maximum absolute atomic E-state index is 5.43. The Morgan fingerprint density at radius 2 is 0.803 bits per heavy atom. The van der Waals surface area contributed by atoms with Crippen LogP contribution in [0.4, 0.5) is 0 Å². The van der Waals surface area contributed by atoms with E-state index < -0.39 is 0 Å². The van der Waals surface area contributed by atoms with Crippen LogP contribution in [0.2, 0.25) is 0 Å². The second-order valence-corrected chi connectivity index (χ2v) is 15.8. The second kappa shape index (κ2) is 13.1. The molecule has 9 aromatic carbocycles. The first kappa shape index (κ1) is 33.7. The first-order chi connectivity index (χ1) is 30.3. The Balaban J connectivity index is 1.14. The smallest absolute Gasteiger partial charge is 0.235 e. The van der Waals surface area contributed by atoms with Gasteiger partial charge in [-0.05, 0) is 83.9 Å². The summed E-state index contributed by atoms with van der Waals surface area (Å²) in [5.74, 6) is 0.641. The van der Waals surface area contributed by atoms with Gasteiger partial charge in [0.15, 0.2) is 0 Å². The molecule has 5 heteroatoms. The molecule has 0 amide bonds. The molecule has 61 heavy (non-hydrogen) atoms. The Labute approximate surface area is 350 Å². The van der Waals surface area contributed by atoms with Gasteiger partial charge in [0, 0.05) is 54.6 Å². The molecule has 0 aliphatic rings. The van der Waals surface area contributed by atoms with Crippen molar-refractivity contribution < 1.29 is 0 Å². The van der Waals surface area contributed by atoms with Crippen molar-refractivity contribution >= 4 is 76.3 Å². The third-order valence-corrected chi connectivity index (χ3v) is 12.4.